The molecule has 24 heavy (non-hydrogen) atoms. The van der Waals surface area contributed by atoms with E-state index in [1.165, 1.54) is 11.8 Å². The van der Waals surface area contributed by atoms with Crippen LogP contribution in [0.2, 0.25) is 0 Å². The Morgan fingerprint density at radius 1 is 1.46 bits per heavy atom. The average molecular weight is 361 g/mol. The van der Waals surface area contributed by atoms with E-state index in [0.29, 0.717) is 34.0 Å². The van der Waals surface area contributed by atoms with Crippen molar-refractivity contribution in [1.29, 1.82) is 0 Å². The molecule has 0 spiro atoms. The van der Waals surface area contributed by atoms with E-state index in [4.69, 9.17) is 21.7 Å². The van der Waals surface area contributed by atoms with Crippen LogP contribution in [0, 0.1) is 5.92 Å². The van der Waals surface area contributed by atoms with Gasteiger partial charge in [-0.2, -0.15) is 0 Å². The molecule has 0 atom stereocenters. The summed E-state index contributed by atoms with van der Waals surface area (Å²) in [6, 6.07) is 5.76. The number of thioether (sulfide) groups is 1. The lowest BCUT2D eigenvalue weighted by Gasteiger charge is -2.19. The van der Waals surface area contributed by atoms with Gasteiger partial charge in [0.05, 0.1) is 12.0 Å². The molecule has 0 aromatic heterocycles. The molecule has 1 saturated heterocycles. The predicted molar refractivity (Wildman–Crippen MR) is 101 cm³/mol. The number of carbonyl (C=O) groups excluding carboxylic acids is 1. The Labute approximate surface area is 151 Å². The van der Waals surface area contributed by atoms with Crippen molar-refractivity contribution in [2.75, 3.05) is 20.3 Å². The van der Waals surface area contributed by atoms with Gasteiger partial charge in [-0.15, -0.1) is 0 Å². The van der Waals surface area contributed by atoms with Crippen LogP contribution in [0.15, 0.2) is 34.8 Å². The van der Waals surface area contributed by atoms with Crippen molar-refractivity contribution < 1.29 is 14.3 Å². The van der Waals surface area contributed by atoms with Crippen molar-refractivity contribution >= 4 is 40.3 Å². The number of carbonyl (C=O) groups is 1. The molecule has 2 aliphatic rings. The highest BCUT2D eigenvalue weighted by Crippen LogP contribution is 2.37. The SMILES string of the molecule is COc1cccc2c1OCC(/C=C1\SC(=S)N(CC(C)C)C1=O)=C2. The second kappa shape index (κ2) is 6.99. The molecule has 0 N–H and O–H groups in total. The van der Waals surface area contributed by atoms with Crippen molar-refractivity contribution in [3.8, 4) is 11.5 Å². The quantitative estimate of drug-likeness (QED) is 0.601. The summed E-state index contributed by atoms with van der Waals surface area (Å²) in [4.78, 5) is 14.9. The van der Waals surface area contributed by atoms with Gasteiger partial charge in [-0.05, 0) is 29.7 Å². The molecule has 2 heterocycles. The van der Waals surface area contributed by atoms with Gasteiger partial charge in [-0.25, -0.2) is 0 Å². The van der Waals surface area contributed by atoms with E-state index in [-0.39, 0.29) is 5.91 Å². The molecule has 4 nitrogen and oxygen atoms in total. The Balaban J connectivity index is 1.86. The molecular weight excluding hydrogens is 342 g/mol. The molecule has 1 amide bonds. The molecule has 0 radical (unpaired) electrons. The maximum Gasteiger partial charge on any atom is 0.266 e. The number of hydrogen-bond acceptors (Lipinski definition) is 5. The van der Waals surface area contributed by atoms with Gasteiger partial charge in [0.1, 0.15) is 10.9 Å². The fraction of sp³-hybridized carbons (Fsp3) is 0.333. The number of ether oxygens (including phenoxy) is 2. The molecule has 0 saturated carbocycles. The van der Waals surface area contributed by atoms with E-state index in [9.17, 15) is 4.79 Å². The van der Waals surface area contributed by atoms with Gasteiger partial charge in [0.25, 0.3) is 5.91 Å². The third-order valence-electron chi connectivity index (χ3n) is 3.69. The van der Waals surface area contributed by atoms with Crippen LogP contribution in [0.5, 0.6) is 11.5 Å². The summed E-state index contributed by atoms with van der Waals surface area (Å²) in [5.41, 5.74) is 1.89. The van der Waals surface area contributed by atoms with Gasteiger partial charge in [0.2, 0.25) is 0 Å². The highest BCUT2D eigenvalue weighted by Gasteiger charge is 2.32. The van der Waals surface area contributed by atoms with Gasteiger partial charge in [-0.1, -0.05) is 50.0 Å². The zero-order valence-electron chi connectivity index (χ0n) is 13.9. The molecule has 6 heteroatoms. The standard InChI is InChI=1S/C18H19NO3S2/c1-11(2)9-19-17(20)15(24-18(19)23)8-12-7-13-5-4-6-14(21-3)16(13)22-10-12/h4-8,11H,9-10H2,1-3H3/b15-8-. The number of benzene rings is 1. The average Bonchev–Trinajstić information content (AvgIpc) is 2.81. The number of hydrogen-bond donors (Lipinski definition) is 0. The fourth-order valence-corrected chi connectivity index (χ4v) is 3.92. The predicted octanol–water partition coefficient (Wildman–Crippen LogP) is 3.87. The summed E-state index contributed by atoms with van der Waals surface area (Å²) in [6.07, 6.45) is 3.90. The molecule has 0 bridgehead atoms. The first-order valence-corrected chi connectivity index (χ1v) is 8.98. The number of thiocarbonyl (C=S) groups is 1. The molecule has 1 aromatic rings. The van der Waals surface area contributed by atoms with Gasteiger partial charge in [0.15, 0.2) is 11.5 Å². The Bertz CT molecular complexity index is 753. The Kier molecular flexibility index (Phi) is 4.96. The highest BCUT2D eigenvalue weighted by atomic mass is 32.2. The van der Waals surface area contributed by atoms with E-state index < -0.39 is 0 Å². The topological polar surface area (TPSA) is 38.8 Å². The monoisotopic (exact) mass is 361 g/mol. The maximum atomic E-state index is 12.5. The summed E-state index contributed by atoms with van der Waals surface area (Å²) in [5.74, 6) is 1.81. The number of amides is 1. The van der Waals surface area contributed by atoms with Crippen LogP contribution >= 0.6 is 24.0 Å². The lowest BCUT2D eigenvalue weighted by atomic mass is 10.1. The van der Waals surface area contributed by atoms with Crippen molar-refractivity contribution in [2.45, 2.75) is 13.8 Å². The van der Waals surface area contributed by atoms with Crippen molar-refractivity contribution in [3.63, 3.8) is 0 Å². The van der Waals surface area contributed by atoms with Crippen LogP contribution < -0.4 is 9.47 Å². The second-order valence-electron chi connectivity index (χ2n) is 6.07. The molecule has 2 aliphatic heterocycles. The second-order valence-corrected chi connectivity index (χ2v) is 7.75. The summed E-state index contributed by atoms with van der Waals surface area (Å²) < 4.78 is 11.8. The number of nitrogens with zero attached hydrogens (tertiary/aromatic N) is 1. The Morgan fingerprint density at radius 3 is 2.96 bits per heavy atom. The molecular formula is C18H19NO3S2. The summed E-state index contributed by atoms with van der Waals surface area (Å²) >= 11 is 6.69. The van der Waals surface area contributed by atoms with Gasteiger partial charge < -0.3 is 9.47 Å². The lowest BCUT2D eigenvalue weighted by molar-refractivity contribution is -0.122. The fourth-order valence-electron chi connectivity index (χ4n) is 2.63. The zero-order chi connectivity index (χ0) is 17.3. The van der Waals surface area contributed by atoms with Gasteiger partial charge >= 0.3 is 0 Å². The molecule has 1 aromatic carbocycles. The van der Waals surface area contributed by atoms with E-state index in [1.807, 2.05) is 30.4 Å². The van der Waals surface area contributed by atoms with Crippen LogP contribution in [0.3, 0.4) is 0 Å². The van der Waals surface area contributed by atoms with Crippen LogP contribution in [-0.2, 0) is 4.79 Å². The maximum absolute atomic E-state index is 12.5. The summed E-state index contributed by atoms with van der Waals surface area (Å²) in [6.45, 7) is 5.20. The Hall–Kier alpha value is -1.79. The van der Waals surface area contributed by atoms with Crippen LogP contribution in [0.1, 0.15) is 19.4 Å². The summed E-state index contributed by atoms with van der Waals surface area (Å²) in [5, 5.41) is 0. The minimum Gasteiger partial charge on any atom is -0.493 e. The summed E-state index contributed by atoms with van der Waals surface area (Å²) in [7, 11) is 1.62. The van der Waals surface area contributed by atoms with Gasteiger partial charge in [-0.3, -0.25) is 9.69 Å². The van der Waals surface area contributed by atoms with Crippen molar-refractivity contribution in [1.82, 2.24) is 4.90 Å². The van der Waals surface area contributed by atoms with Crippen molar-refractivity contribution in [3.05, 3.63) is 40.3 Å². The van der Waals surface area contributed by atoms with E-state index in [1.54, 1.807) is 12.0 Å². The third-order valence-corrected chi connectivity index (χ3v) is 5.07. The zero-order valence-corrected chi connectivity index (χ0v) is 15.5. The lowest BCUT2D eigenvalue weighted by Crippen LogP contribution is -2.31. The largest absolute Gasteiger partial charge is 0.493 e. The van der Waals surface area contributed by atoms with Gasteiger partial charge in [0, 0.05) is 12.1 Å². The molecule has 3 rings (SSSR count). The number of rotatable bonds is 4. The van der Waals surface area contributed by atoms with E-state index in [2.05, 4.69) is 13.8 Å². The third kappa shape index (κ3) is 3.35. The molecule has 1 fully saturated rings. The number of fused-ring (bicyclic) bond motifs is 1. The minimum absolute atomic E-state index is 0.0176. The normalized spacial score (nSPS) is 18.8. The first kappa shape index (κ1) is 17.0. The van der Waals surface area contributed by atoms with E-state index >= 15 is 0 Å². The highest BCUT2D eigenvalue weighted by molar-refractivity contribution is 8.26. The number of para-hydroxylation sites is 1. The van der Waals surface area contributed by atoms with Crippen LogP contribution in [-0.4, -0.2) is 35.4 Å². The van der Waals surface area contributed by atoms with Crippen molar-refractivity contribution in [2.24, 2.45) is 5.92 Å². The molecule has 126 valence electrons. The van der Waals surface area contributed by atoms with Crippen LogP contribution in [0.25, 0.3) is 6.08 Å². The van der Waals surface area contributed by atoms with Crippen LogP contribution in [0.4, 0.5) is 0 Å². The number of methoxy groups -OCH3 is 1. The first-order chi connectivity index (χ1) is 11.5. The Morgan fingerprint density at radius 2 is 2.25 bits per heavy atom. The molecule has 0 aliphatic carbocycles. The first-order valence-electron chi connectivity index (χ1n) is 7.75. The van der Waals surface area contributed by atoms with E-state index in [0.717, 1.165) is 16.9 Å². The smallest absolute Gasteiger partial charge is 0.266 e. The minimum atomic E-state index is -0.0176. The molecule has 0 unspecified atom stereocenters.